The van der Waals surface area contributed by atoms with Crippen LogP contribution in [0, 0.1) is 0 Å². The van der Waals surface area contributed by atoms with Gasteiger partial charge in [-0.1, -0.05) is 30.3 Å². The summed E-state index contributed by atoms with van der Waals surface area (Å²) in [5, 5.41) is 0. The number of carbonyl (C=O) groups excluding carboxylic acids is 1. The number of methoxy groups -OCH3 is 2. The zero-order valence-corrected chi connectivity index (χ0v) is 16.8. The van der Waals surface area contributed by atoms with E-state index in [-0.39, 0.29) is 12.6 Å². The maximum Gasteiger partial charge on any atom is 0.260 e. The number of fused-ring (bicyclic) bond motifs is 1. The lowest BCUT2D eigenvalue weighted by molar-refractivity contribution is 0.0510. The van der Waals surface area contributed by atoms with Crippen molar-refractivity contribution in [2.75, 3.05) is 47.6 Å². The highest BCUT2D eigenvalue weighted by Gasteiger charge is 2.27. The molecule has 6 heteroatoms. The number of benzene rings is 2. The van der Waals surface area contributed by atoms with E-state index in [1.807, 2.05) is 6.07 Å². The van der Waals surface area contributed by atoms with Crippen molar-refractivity contribution in [1.29, 1.82) is 0 Å². The number of rotatable bonds is 9. The molecule has 0 aromatic heterocycles. The minimum absolute atomic E-state index is 0.0332. The lowest BCUT2D eigenvalue weighted by Crippen LogP contribution is -2.40. The fourth-order valence-corrected chi connectivity index (χ4v) is 3.30. The van der Waals surface area contributed by atoms with Crippen LogP contribution in [0.2, 0.25) is 0 Å². The van der Waals surface area contributed by atoms with Gasteiger partial charge in [-0.25, -0.2) is 0 Å². The molecule has 1 aliphatic rings. The van der Waals surface area contributed by atoms with Crippen LogP contribution in [0.4, 0.5) is 0 Å². The summed E-state index contributed by atoms with van der Waals surface area (Å²) in [5.74, 6) is 1.59. The summed E-state index contributed by atoms with van der Waals surface area (Å²) in [6.07, 6.45) is 1.92. The van der Waals surface area contributed by atoms with Crippen LogP contribution < -0.4 is 14.2 Å². The van der Waals surface area contributed by atoms with Crippen molar-refractivity contribution in [3.8, 4) is 17.2 Å². The molecule has 0 unspecified atom stereocenters. The standard InChI is InChI=1S/C22H28N2O4/c1-23(13-10-17-8-5-4-6-9-17)11-7-12-24-16-28-19-15-21(27-3)20(26-2)14-18(19)22(24)25/h4-6,8-9,14-15H,7,10-13,16H2,1-3H3. The summed E-state index contributed by atoms with van der Waals surface area (Å²) in [7, 11) is 5.24. The minimum Gasteiger partial charge on any atom is -0.493 e. The smallest absolute Gasteiger partial charge is 0.260 e. The van der Waals surface area contributed by atoms with E-state index in [2.05, 4.69) is 36.2 Å². The summed E-state index contributed by atoms with van der Waals surface area (Å²) in [4.78, 5) is 16.8. The molecular weight excluding hydrogens is 356 g/mol. The van der Waals surface area contributed by atoms with Crippen molar-refractivity contribution in [1.82, 2.24) is 9.80 Å². The van der Waals surface area contributed by atoms with Gasteiger partial charge in [0.05, 0.1) is 19.8 Å². The lowest BCUT2D eigenvalue weighted by Gasteiger charge is -2.30. The number of hydrogen-bond donors (Lipinski definition) is 0. The van der Waals surface area contributed by atoms with E-state index in [9.17, 15) is 4.79 Å². The number of carbonyl (C=O) groups is 1. The Hall–Kier alpha value is -2.73. The van der Waals surface area contributed by atoms with Crippen molar-refractivity contribution in [2.24, 2.45) is 0 Å². The Morgan fingerprint density at radius 3 is 2.50 bits per heavy atom. The Labute approximate surface area is 166 Å². The molecule has 1 amide bonds. The molecule has 3 rings (SSSR count). The molecule has 150 valence electrons. The molecule has 0 N–H and O–H groups in total. The van der Waals surface area contributed by atoms with Gasteiger partial charge in [0.2, 0.25) is 0 Å². The van der Waals surface area contributed by atoms with E-state index in [1.54, 1.807) is 31.3 Å². The normalized spacial score (nSPS) is 13.3. The lowest BCUT2D eigenvalue weighted by atomic mass is 10.1. The Balaban J connectivity index is 1.50. The average Bonchev–Trinajstić information content (AvgIpc) is 2.73. The van der Waals surface area contributed by atoms with E-state index < -0.39 is 0 Å². The summed E-state index contributed by atoms with van der Waals surface area (Å²) in [5.41, 5.74) is 1.86. The van der Waals surface area contributed by atoms with Crippen LogP contribution in [0.1, 0.15) is 22.3 Å². The van der Waals surface area contributed by atoms with Crippen molar-refractivity contribution >= 4 is 5.91 Å². The van der Waals surface area contributed by atoms with E-state index in [0.717, 1.165) is 25.9 Å². The quantitative estimate of drug-likeness (QED) is 0.665. The number of nitrogens with zero attached hydrogens (tertiary/aromatic N) is 2. The van der Waals surface area contributed by atoms with Gasteiger partial charge in [0.15, 0.2) is 18.2 Å². The fraction of sp³-hybridized carbons (Fsp3) is 0.409. The number of hydrogen-bond acceptors (Lipinski definition) is 5. The summed E-state index contributed by atoms with van der Waals surface area (Å²) < 4.78 is 16.3. The Kier molecular flexibility index (Phi) is 6.76. The largest absolute Gasteiger partial charge is 0.493 e. The molecule has 2 aromatic rings. The fourth-order valence-electron chi connectivity index (χ4n) is 3.30. The second kappa shape index (κ2) is 9.46. The molecule has 28 heavy (non-hydrogen) atoms. The van der Waals surface area contributed by atoms with E-state index in [1.165, 1.54) is 5.56 Å². The van der Waals surface area contributed by atoms with Gasteiger partial charge in [-0.2, -0.15) is 0 Å². The van der Waals surface area contributed by atoms with Gasteiger partial charge in [-0.05, 0) is 32.0 Å². The second-order valence-corrected chi connectivity index (χ2v) is 6.94. The van der Waals surface area contributed by atoms with Gasteiger partial charge in [0.25, 0.3) is 5.91 Å². The first kappa shape index (κ1) is 20.0. The highest BCUT2D eigenvalue weighted by Crippen LogP contribution is 2.37. The molecule has 0 fully saturated rings. The highest BCUT2D eigenvalue weighted by molar-refractivity contribution is 5.98. The van der Waals surface area contributed by atoms with Gasteiger partial charge in [-0.15, -0.1) is 0 Å². The van der Waals surface area contributed by atoms with E-state index >= 15 is 0 Å². The van der Waals surface area contributed by atoms with Crippen molar-refractivity contribution in [3.63, 3.8) is 0 Å². The molecule has 1 heterocycles. The number of amides is 1. The van der Waals surface area contributed by atoms with Crippen LogP contribution in [-0.2, 0) is 6.42 Å². The first-order valence-corrected chi connectivity index (χ1v) is 9.53. The monoisotopic (exact) mass is 384 g/mol. The molecule has 0 aliphatic carbocycles. The molecule has 0 saturated carbocycles. The second-order valence-electron chi connectivity index (χ2n) is 6.94. The maximum atomic E-state index is 12.8. The number of ether oxygens (including phenoxy) is 3. The molecule has 0 atom stereocenters. The van der Waals surface area contributed by atoms with Crippen LogP contribution >= 0.6 is 0 Å². The van der Waals surface area contributed by atoms with Crippen molar-refractivity contribution < 1.29 is 19.0 Å². The predicted molar refractivity (Wildman–Crippen MR) is 108 cm³/mol. The number of likely N-dealkylation sites (N-methyl/N-ethyl adjacent to an activating group) is 1. The summed E-state index contributed by atoms with van der Waals surface area (Å²) in [6, 6.07) is 13.9. The van der Waals surface area contributed by atoms with Crippen molar-refractivity contribution in [3.05, 3.63) is 53.6 Å². The molecule has 0 spiro atoms. The molecule has 1 aliphatic heterocycles. The van der Waals surface area contributed by atoms with Crippen LogP contribution in [0.5, 0.6) is 17.2 Å². The zero-order valence-electron chi connectivity index (χ0n) is 16.8. The van der Waals surface area contributed by atoms with Gasteiger partial charge in [0, 0.05) is 25.2 Å². The SMILES string of the molecule is COc1cc2c(cc1OC)C(=O)N(CCCN(C)CCc1ccccc1)CO2. The average molecular weight is 384 g/mol. The molecular formula is C22H28N2O4. The minimum atomic E-state index is -0.0332. The van der Waals surface area contributed by atoms with Gasteiger partial charge >= 0.3 is 0 Å². The van der Waals surface area contributed by atoms with Gasteiger partial charge < -0.3 is 24.0 Å². The molecule has 0 radical (unpaired) electrons. The van der Waals surface area contributed by atoms with E-state index in [0.29, 0.717) is 29.4 Å². The molecule has 2 aromatic carbocycles. The third-order valence-corrected chi connectivity index (χ3v) is 4.97. The maximum absolute atomic E-state index is 12.8. The van der Waals surface area contributed by atoms with E-state index in [4.69, 9.17) is 14.2 Å². The summed E-state index contributed by atoms with van der Waals surface area (Å²) >= 11 is 0. The Morgan fingerprint density at radius 1 is 1.07 bits per heavy atom. The van der Waals surface area contributed by atoms with Crippen LogP contribution in [0.3, 0.4) is 0 Å². The first-order valence-electron chi connectivity index (χ1n) is 9.53. The molecule has 0 saturated heterocycles. The summed E-state index contributed by atoms with van der Waals surface area (Å²) in [6.45, 7) is 2.83. The predicted octanol–water partition coefficient (Wildman–Crippen LogP) is 3.06. The Bertz CT molecular complexity index is 795. The van der Waals surface area contributed by atoms with Crippen LogP contribution in [0.15, 0.2) is 42.5 Å². The molecule has 0 bridgehead atoms. The highest BCUT2D eigenvalue weighted by atomic mass is 16.5. The third kappa shape index (κ3) is 4.75. The molecule has 6 nitrogen and oxygen atoms in total. The van der Waals surface area contributed by atoms with Crippen LogP contribution in [0.25, 0.3) is 0 Å². The topological polar surface area (TPSA) is 51.2 Å². The van der Waals surface area contributed by atoms with Gasteiger partial charge in [0.1, 0.15) is 5.75 Å². The van der Waals surface area contributed by atoms with Gasteiger partial charge in [-0.3, -0.25) is 4.79 Å². The Morgan fingerprint density at radius 2 is 1.79 bits per heavy atom. The van der Waals surface area contributed by atoms with Crippen LogP contribution in [-0.4, -0.2) is 63.3 Å². The van der Waals surface area contributed by atoms with Crippen molar-refractivity contribution in [2.45, 2.75) is 12.8 Å². The third-order valence-electron chi connectivity index (χ3n) is 4.97. The zero-order chi connectivity index (χ0) is 19.9. The first-order chi connectivity index (χ1) is 13.6.